The van der Waals surface area contributed by atoms with E-state index in [4.69, 9.17) is 0 Å². The molecular formula is C25H26FN5O2. The fraction of sp³-hybridized carbons (Fsp3) is 0.280. The van der Waals surface area contributed by atoms with Crippen LogP contribution in [0.2, 0.25) is 0 Å². The van der Waals surface area contributed by atoms with Gasteiger partial charge in [-0.2, -0.15) is 5.10 Å². The SMILES string of the molecule is CC(C)(C)c1cc(NC(=O)CCCn2cnc3ccccc3c2=O)n(-c2ccc(F)cc2)n1. The quantitative estimate of drug-likeness (QED) is 0.474. The van der Waals surface area contributed by atoms with Gasteiger partial charge < -0.3 is 5.32 Å². The molecular weight excluding hydrogens is 421 g/mol. The first-order chi connectivity index (χ1) is 15.7. The zero-order valence-electron chi connectivity index (χ0n) is 18.9. The molecule has 2 aromatic heterocycles. The standard InChI is InChI=1S/C25H26FN5O2/c1-25(2,3)21-15-22(31(29-21)18-12-10-17(26)11-13-18)28-23(32)9-6-14-30-16-27-20-8-5-4-7-19(20)24(30)33/h4-5,7-8,10-13,15-16H,6,9,14H2,1-3H3,(H,28,32). The van der Waals surface area contributed by atoms with Crippen LogP contribution < -0.4 is 10.9 Å². The predicted octanol–water partition coefficient (Wildman–Crippen LogP) is 4.44. The minimum atomic E-state index is -0.342. The van der Waals surface area contributed by atoms with Crippen molar-refractivity contribution in [1.82, 2.24) is 19.3 Å². The van der Waals surface area contributed by atoms with Gasteiger partial charge in [0.05, 0.1) is 28.6 Å². The summed E-state index contributed by atoms with van der Waals surface area (Å²) in [4.78, 5) is 29.6. The summed E-state index contributed by atoms with van der Waals surface area (Å²) in [6, 6.07) is 15.0. The molecule has 0 unspecified atom stereocenters. The molecule has 0 aliphatic rings. The van der Waals surface area contributed by atoms with E-state index in [2.05, 4.69) is 15.4 Å². The number of hydrogen-bond donors (Lipinski definition) is 1. The van der Waals surface area contributed by atoms with Crippen molar-refractivity contribution in [2.24, 2.45) is 0 Å². The zero-order valence-corrected chi connectivity index (χ0v) is 18.9. The van der Waals surface area contributed by atoms with Crippen molar-refractivity contribution >= 4 is 22.6 Å². The maximum atomic E-state index is 13.4. The maximum absolute atomic E-state index is 13.4. The monoisotopic (exact) mass is 447 g/mol. The van der Waals surface area contributed by atoms with Crippen molar-refractivity contribution in [3.05, 3.63) is 82.8 Å². The first-order valence-electron chi connectivity index (χ1n) is 10.8. The Balaban J connectivity index is 1.47. The number of para-hydroxylation sites is 1. The lowest BCUT2D eigenvalue weighted by Crippen LogP contribution is -2.22. The molecule has 2 heterocycles. The van der Waals surface area contributed by atoms with Crippen LogP contribution in [0.15, 0.2) is 65.7 Å². The Morgan fingerprint density at radius 2 is 1.82 bits per heavy atom. The topological polar surface area (TPSA) is 81.8 Å². The summed E-state index contributed by atoms with van der Waals surface area (Å²) < 4.78 is 16.5. The minimum Gasteiger partial charge on any atom is -0.311 e. The number of fused-ring (bicyclic) bond motifs is 1. The fourth-order valence-electron chi connectivity index (χ4n) is 3.50. The summed E-state index contributed by atoms with van der Waals surface area (Å²) in [7, 11) is 0. The van der Waals surface area contributed by atoms with Gasteiger partial charge in [0, 0.05) is 24.4 Å². The number of aromatic nitrogens is 4. The average Bonchev–Trinajstić information content (AvgIpc) is 3.20. The first kappa shape index (κ1) is 22.4. The number of rotatable bonds is 6. The average molecular weight is 448 g/mol. The Labute approximate surface area is 190 Å². The highest BCUT2D eigenvalue weighted by atomic mass is 19.1. The van der Waals surface area contributed by atoms with Gasteiger partial charge in [-0.3, -0.25) is 14.2 Å². The fourth-order valence-corrected chi connectivity index (χ4v) is 3.50. The molecule has 1 amide bonds. The number of nitrogens with one attached hydrogen (secondary N) is 1. The molecule has 4 aromatic rings. The lowest BCUT2D eigenvalue weighted by atomic mass is 9.92. The van der Waals surface area contributed by atoms with Gasteiger partial charge in [0.15, 0.2) is 0 Å². The van der Waals surface area contributed by atoms with Gasteiger partial charge in [0.2, 0.25) is 5.91 Å². The lowest BCUT2D eigenvalue weighted by molar-refractivity contribution is -0.116. The van der Waals surface area contributed by atoms with Crippen LogP contribution in [0.25, 0.3) is 16.6 Å². The van der Waals surface area contributed by atoms with E-state index in [1.165, 1.54) is 23.0 Å². The largest absolute Gasteiger partial charge is 0.311 e. The van der Waals surface area contributed by atoms with Crippen LogP contribution in [-0.4, -0.2) is 25.2 Å². The molecule has 0 bridgehead atoms. The van der Waals surface area contributed by atoms with Gasteiger partial charge in [0.1, 0.15) is 11.6 Å². The number of nitrogens with zero attached hydrogens (tertiary/aromatic N) is 4. The zero-order chi connectivity index (χ0) is 23.6. The van der Waals surface area contributed by atoms with E-state index in [0.717, 1.165) is 5.69 Å². The van der Waals surface area contributed by atoms with Crippen LogP contribution in [-0.2, 0) is 16.8 Å². The molecule has 170 valence electrons. The van der Waals surface area contributed by atoms with E-state index >= 15 is 0 Å². The van der Waals surface area contributed by atoms with Gasteiger partial charge in [-0.25, -0.2) is 14.1 Å². The molecule has 0 spiro atoms. The number of amides is 1. The second kappa shape index (κ2) is 8.97. The highest BCUT2D eigenvalue weighted by Crippen LogP contribution is 2.26. The number of carbonyl (C=O) groups is 1. The summed E-state index contributed by atoms with van der Waals surface area (Å²) in [6.07, 6.45) is 2.21. The van der Waals surface area contributed by atoms with Crippen LogP contribution >= 0.6 is 0 Å². The van der Waals surface area contributed by atoms with Crippen molar-refractivity contribution in [3.63, 3.8) is 0 Å². The van der Waals surface area contributed by atoms with E-state index in [-0.39, 0.29) is 29.1 Å². The second-order valence-corrected chi connectivity index (χ2v) is 8.97. The van der Waals surface area contributed by atoms with Gasteiger partial charge in [0.25, 0.3) is 5.56 Å². The van der Waals surface area contributed by atoms with E-state index in [1.807, 2.05) is 32.9 Å². The summed E-state index contributed by atoms with van der Waals surface area (Å²) in [5.74, 6) is -0.0208. The molecule has 0 fully saturated rings. The Hall–Kier alpha value is -3.81. The molecule has 4 rings (SSSR count). The second-order valence-electron chi connectivity index (χ2n) is 8.97. The van der Waals surface area contributed by atoms with Crippen molar-refractivity contribution in [2.75, 3.05) is 5.32 Å². The molecule has 2 aromatic carbocycles. The highest BCUT2D eigenvalue weighted by Gasteiger charge is 2.21. The Morgan fingerprint density at radius 3 is 2.55 bits per heavy atom. The van der Waals surface area contributed by atoms with Crippen molar-refractivity contribution in [1.29, 1.82) is 0 Å². The van der Waals surface area contributed by atoms with Crippen molar-refractivity contribution in [2.45, 2.75) is 45.6 Å². The molecule has 33 heavy (non-hydrogen) atoms. The van der Waals surface area contributed by atoms with Crippen LogP contribution in [0.5, 0.6) is 0 Å². The number of carbonyl (C=O) groups excluding carboxylic acids is 1. The third kappa shape index (κ3) is 5.00. The molecule has 0 atom stereocenters. The van der Waals surface area contributed by atoms with Crippen LogP contribution in [0.1, 0.15) is 39.3 Å². The Bertz CT molecular complexity index is 1350. The number of aryl methyl sites for hydroxylation is 1. The summed E-state index contributed by atoms with van der Waals surface area (Å²) >= 11 is 0. The molecule has 0 aliphatic carbocycles. The van der Waals surface area contributed by atoms with Crippen LogP contribution in [0.3, 0.4) is 0 Å². The third-order valence-electron chi connectivity index (χ3n) is 5.35. The van der Waals surface area contributed by atoms with E-state index in [0.29, 0.717) is 35.4 Å². The highest BCUT2D eigenvalue weighted by molar-refractivity contribution is 5.90. The number of hydrogen-bond acceptors (Lipinski definition) is 4. The summed E-state index contributed by atoms with van der Waals surface area (Å²) in [5.41, 5.74) is 1.76. The summed E-state index contributed by atoms with van der Waals surface area (Å²) in [6.45, 7) is 6.48. The molecule has 0 radical (unpaired) electrons. The van der Waals surface area contributed by atoms with Gasteiger partial charge in [-0.05, 0) is 42.8 Å². The normalized spacial score (nSPS) is 11.6. The number of anilines is 1. The number of benzene rings is 2. The first-order valence-corrected chi connectivity index (χ1v) is 10.8. The molecule has 7 nitrogen and oxygen atoms in total. The van der Waals surface area contributed by atoms with Crippen molar-refractivity contribution in [3.8, 4) is 5.69 Å². The molecule has 8 heteroatoms. The van der Waals surface area contributed by atoms with Crippen LogP contribution in [0, 0.1) is 5.82 Å². The predicted molar refractivity (Wildman–Crippen MR) is 126 cm³/mol. The lowest BCUT2D eigenvalue weighted by Gasteiger charge is -2.14. The van der Waals surface area contributed by atoms with Crippen molar-refractivity contribution < 1.29 is 9.18 Å². The van der Waals surface area contributed by atoms with Gasteiger partial charge >= 0.3 is 0 Å². The van der Waals surface area contributed by atoms with Gasteiger partial charge in [-0.1, -0.05) is 32.9 Å². The van der Waals surface area contributed by atoms with E-state index < -0.39 is 0 Å². The molecule has 0 saturated carbocycles. The number of halogens is 1. The Kier molecular flexibility index (Phi) is 6.09. The van der Waals surface area contributed by atoms with E-state index in [9.17, 15) is 14.0 Å². The molecule has 0 aliphatic heterocycles. The van der Waals surface area contributed by atoms with Crippen LogP contribution in [0.4, 0.5) is 10.2 Å². The molecule has 0 saturated heterocycles. The third-order valence-corrected chi connectivity index (χ3v) is 5.35. The smallest absolute Gasteiger partial charge is 0.261 e. The Morgan fingerprint density at radius 1 is 1.09 bits per heavy atom. The molecule has 1 N–H and O–H groups in total. The minimum absolute atomic E-state index is 0.120. The summed E-state index contributed by atoms with van der Waals surface area (Å²) in [5, 5.41) is 8.10. The maximum Gasteiger partial charge on any atom is 0.261 e. The van der Waals surface area contributed by atoms with Gasteiger partial charge in [-0.15, -0.1) is 0 Å². The van der Waals surface area contributed by atoms with E-state index in [1.54, 1.807) is 35.0 Å².